The van der Waals surface area contributed by atoms with E-state index in [1.54, 1.807) is 35.5 Å². The predicted octanol–water partition coefficient (Wildman–Crippen LogP) is 3.40. The van der Waals surface area contributed by atoms with Crippen molar-refractivity contribution >= 4 is 5.82 Å². The number of benzene rings is 1. The van der Waals surface area contributed by atoms with Gasteiger partial charge in [0.25, 0.3) is 0 Å². The van der Waals surface area contributed by atoms with Crippen LogP contribution in [-0.4, -0.2) is 24.3 Å². The first-order chi connectivity index (χ1) is 14.9. The molecule has 0 spiro atoms. The summed E-state index contributed by atoms with van der Waals surface area (Å²) in [5.74, 6) is 0.137. The molecule has 0 atom stereocenters. The number of imidazole rings is 1. The summed E-state index contributed by atoms with van der Waals surface area (Å²) in [5.41, 5.74) is 8.75. The van der Waals surface area contributed by atoms with Crippen LogP contribution in [0.5, 0.6) is 5.75 Å². The van der Waals surface area contributed by atoms with Crippen LogP contribution in [0.4, 0.5) is 10.2 Å². The molecule has 9 heteroatoms. The van der Waals surface area contributed by atoms with Crippen molar-refractivity contribution in [2.45, 2.75) is 26.0 Å². The third-order valence-electron chi connectivity index (χ3n) is 5.35. The second kappa shape index (κ2) is 6.67. The number of ether oxygens (including phenoxy) is 1. The summed E-state index contributed by atoms with van der Waals surface area (Å²) in [7, 11) is 0. The van der Waals surface area contributed by atoms with Gasteiger partial charge in [-0.1, -0.05) is 0 Å². The lowest BCUT2D eigenvalue weighted by molar-refractivity contribution is 0.109. The zero-order chi connectivity index (χ0) is 21.8. The predicted molar refractivity (Wildman–Crippen MR) is 111 cm³/mol. The maximum atomic E-state index is 14.3. The molecule has 8 nitrogen and oxygen atoms in total. The van der Waals surface area contributed by atoms with Crippen molar-refractivity contribution in [3.63, 3.8) is 0 Å². The van der Waals surface area contributed by atoms with Crippen molar-refractivity contribution in [1.29, 1.82) is 5.26 Å². The average molecular weight is 415 g/mol. The number of nitrogens with zero attached hydrogens (tertiary/aromatic N) is 6. The first kappa shape index (κ1) is 18.8. The summed E-state index contributed by atoms with van der Waals surface area (Å²) in [6, 6.07) is 10.2. The first-order valence-corrected chi connectivity index (χ1v) is 9.61. The monoisotopic (exact) mass is 415 g/mol. The molecule has 0 radical (unpaired) electrons. The van der Waals surface area contributed by atoms with Gasteiger partial charge in [-0.2, -0.15) is 10.4 Å². The summed E-state index contributed by atoms with van der Waals surface area (Å²) < 4.78 is 24.1. The number of anilines is 1. The number of hydrogen-bond acceptors (Lipinski definition) is 6. The molecule has 4 heterocycles. The van der Waals surface area contributed by atoms with Crippen LogP contribution in [0.3, 0.4) is 0 Å². The van der Waals surface area contributed by atoms with Crippen molar-refractivity contribution in [2.24, 2.45) is 0 Å². The smallest absolute Gasteiger partial charge is 0.166 e. The third-order valence-corrected chi connectivity index (χ3v) is 5.35. The molecule has 31 heavy (non-hydrogen) atoms. The zero-order valence-corrected chi connectivity index (χ0v) is 16.9. The van der Waals surface area contributed by atoms with Crippen molar-refractivity contribution in [1.82, 2.24) is 24.3 Å². The van der Waals surface area contributed by atoms with E-state index in [2.05, 4.69) is 21.1 Å². The highest BCUT2D eigenvalue weighted by Gasteiger charge is 2.30. The molecular weight excluding hydrogens is 397 g/mol. The van der Waals surface area contributed by atoms with Crippen LogP contribution < -0.4 is 10.5 Å². The zero-order valence-electron chi connectivity index (χ0n) is 16.9. The number of halogens is 1. The fourth-order valence-electron chi connectivity index (χ4n) is 3.90. The summed E-state index contributed by atoms with van der Waals surface area (Å²) in [5, 5.41) is 14.1. The summed E-state index contributed by atoms with van der Waals surface area (Å²) in [4.78, 5) is 8.51. The van der Waals surface area contributed by atoms with Gasteiger partial charge < -0.3 is 15.0 Å². The van der Waals surface area contributed by atoms with Crippen LogP contribution >= 0.6 is 0 Å². The number of nitrogens with two attached hydrogens (primary N) is 1. The van der Waals surface area contributed by atoms with Crippen molar-refractivity contribution in [2.75, 3.05) is 5.73 Å². The van der Waals surface area contributed by atoms with Gasteiger partial charge in [0.15, 0.2) is 17.3 Å². The molecule has 0 fully saturated rings. The number of hydrogen-bond donors (Lipinski definition) is 1. The lowest BCUT2D eigenvalue weighted by Crippen LogP contribution is -2.28. The van der Waals surface area contributed by atoms with Gasteiger partial charge in [0, 0.05) is 23.5 Å². The number of nitrogen functional groups attached to an aromatic ring is 1. The molecule has 5 rings (SSSR count). The number of pyridine rings is 1. The number of aromatic nitrogens is 5. The Morgan fingerprint density at radius 3 is 2.87 bits per heavy atom. The van der Waals surface area contributed by atoms with Crippen LogP contribution in [0.2, 0.25) is 0 Å². The number of fused-ring (bicyclic) bond motifs is 7. The Kier molecular flexibility index (Phi) is 4.05. The molecule has 154 valence electrons. The van der Waals surface area contributed by atoms with E-state index in [0.717, 1.165) is 5.69 Å². The van der Waals surface area contributed by atoms with Crippen molar-refractivity contribution in [3.05, 3.63) is 71.8 Å². The highest BCUT2D eigenvalue weighted by atomic mass is 19.1. The van der Waals surface area contributed by atoms with Crippen LogP contribution in [-0.2, 0) is 12.1 Å². The maximum Gasteiger partial charge on any atom is 0.166 e. The Morgan fingerprint density at radius 2 is 2.06 bits per heavy atom. The molecule has 0 amide bonds. The highest BCUT2D eigenvalue weighted by molar-refractivity contribution is 5.69. The van der Waals surface area contributed by atoms with E-state index in [9.17, 15) is 9.65 Å². The largest absolute Gasteiger partial charge is 0.479 e. The Labute approximate surface area is 177 Å². The van der Waals surface area contributed by atoms with Gasteiger partial charge in [0.05, 0.1) is 29.9 Å². The normalized spacial score (nSPS) is 14.1. The summed E-state index contributed by atoms with van der Waals surface area (Å²) in [6.45, 7) is 4.05. The average Bonchev–Trinajstić information content (AvgIpc) is 3.36. The van der Waals surface area contributed by atoms with E-state index >= 15 is 0 Å². The quantitative estimate of drug-likeness (QED) is 0.472. The highest BCUT2D eigenvalue weighted by Crippen LogP contribution is 2.37. The van der Waals surface area contributed by atoms with E-state index in [0.29, 0.717) is 34.8 Å². The molecular formula is C22H18FN7O. The van der Waals surface area contributed by atoms with Gasteiger partial charge in [-0.15, -0.1) is 0 Å². The van der Waals surface area contributed by atoms with Crippen LogP contribution in [0.25, 0.3) is 16.9 Å². The van der Waals surface area contributed by atoms with E-state index in [1.165, 1.54) is 12.1 Å². The van der Waals surface area contributed by atoms with Gasteiger partial charge in [0.2, 0.25) is 0 Å². The molecule has 1 aliphatic rings. The van der Waals surface area contributed by atoms with Gasteiger partial charge in [-0.05, 0) is 44.2 Å². The topological polar surface area (TPSA) is 108 Å². The molecule has 0 unspecified atom stereocenters. The SMILES string of the molecule is CC1(C)Oc2cc(cnc2N)-c2c(C#N)ncn2Cc2ccnn2-c2ccc(F)cc21. The molecule has 0 aliphatic carbocycles. The van der Waals surface area contributed by atoms with Crippen LogP contribution in [0, 0.1) is 17.1 Å². The van der Waals surface area contributed by atoms with E-state index in [1.807, 2.05) is 24.5 Å². The molecule has 3 aromatic heterocycles. The van der Waals surface area contributed by atoms with Gasteiger partial charge in [-0.25, -0.2) is 19.0 Å². The minimum Gasteiger partial charge on any atom is -0.479 e. The molecule has 4 aromatic rings. The number of rotatable bonds is 0. The minimum absolute atomic E-state index is 0.191. The standard InChI is InChI=1S/C22H18FN7O/c1-22(2)16-8-14(23)3-4-18(16)30-15(5-6-28-30)11-29-12-27-17(9-24)20(29)13-7-19(31-22)21(25)26-10-13/h3-8,10,12H,11H2,1-2H3,(H2,25,26). The molecule has 1 aliphatic heterocycles. The summed E-state index contributed by atoms with van der Waals surface area (Å²) >= 11 is 0. The van der Waals surface area contributed by atoms with Gasteiger partial charge >= 0.3 is 0 Å². The van der Waals surface area contributed by atoms with Crippen molar-refractivity contribution in [3.8, 4) is 28.8 Å². The van der Waals surface area contributed by atoms with E-state index < -0.39 is 5.60 Å². The van der Waals surface area contributed by atoms with E-state index in [4.69, 9.17) is 10.5 Å². The molecule has 2 bridgehead atoms. The Bertz CT molecular complexity index is 1360. The fraction of sp³-hybridized carbons (Fsp3) is 0.182. The maximum absolute atomic E-state index is 14.3. The molecule has 0 saturated heterocycles. The first-order valence-electron chi connectivity index (χ1n) is 9.61. The second-order valence-electron chi connectivity index (χ2n) is 7.80. The Balaban J connectivity index is 1.84. The Hall–Kier alpha value is -4.19. The van der Waals surface area contributed by atoms with Crippen LogP contribution in [0.15, 0.2) is 49.1 Å². The lowest BCUT2D eigenvalue weighted by Gasteiger charge is -2.30. The fourth-order valence-corrected chi connectivity index (χ4v) is 3.90. The number of nitriles is 1. The minimum atomic E-state index is -0.966. The lowest BCUT2D eigenvalue weighted by atomic mass is 9.95. The molecule has 1 aromatic carbocycles. The van der Waals surface area contributed by atoms with E-state index in [-0.39, 0.29) is 17.3 Å². The molecule has 0 saturated carbocycles. The second-order valence-corrected chi connectivity index (χ2v) is 7.80. The van der Waals surface area contributed by atoms with Gasteiger partial charge in [-0.3, -0.25) is 0 Å². The summed E-state index contributed by atoms with van der Waals surface area (Å²) in [6.07, 6.45) is 4.86. The Morgan fingerprint density at radius 1 is 1.23 bits per heavy atom. The van der Waals surface area contributed by atoms with Gasteiger partial charge in [0.1, 0.15) is 17.5 Å². The molecule has 2 N–H and O–H groups in total. The van der Waals surface area contributed by atoms with Crippen LogP contribution in [0.1, 0.15) is 30.8 Å². The van der Waals surface area contributed by atoms with Crippen molar-refractivity contribution < 1.29 is 9.13 Å². The third kappa shape index (κ3) is 3.00.